The van der Waals surface area contributed by atoms with Crippen molar-refractivity contribution >= 4 is 31.8 Å². The SMILES string of the molecule is CC(Br)C1CCN(c2ccc(S(=O)(=O)N(C)C)cn2)CC1. The van der Waals surface area contributed by atoms with Gasteiger partial charge in [0.1, 0.15) is 10.7 Å². The molecule has 1 fully saturated rings. The number of anilines is 1. The normalized spacial score (nSPS) is 19.0. The maximum absolute atomic E-state index is 12.0. The van der Waals surface area contributed by atoms with Gasteiger partial charge in [0, 0.05) is 38.2 Å². The summed E-state index contributed by atoms with van der Waals surface area (Å²) < 4.78 is 25.2. The minimum Gasteiger partial charge on any atom is -0.357 e. The van der Waals surface area contributed by atoms with Gasteiger partial charge in [-0.15, -0.1) is 0 Å². The first-order valence-corrected chi connectivity index (χ1v) is 9.45. The van der Waals surface area contributed by atoms with Gasteiger partial charge < -0.3 is 4.90 Å². The highest BCUT2D eigenvalue weighted by Gasteiger charge is 2.24. The largest absolute Gasteiger partial charge is 0.357 e. The van der Waals surface area contributed by atoms with Crippen molar-refractivity contribution in [3.63, 3.8) is 0 Å². The van der Waals surface area contributed by atoms with E-state index >= 15 is 0 Å². The van der Waals surface area contributed by atoms with Crippen LogP contribution in [0.15, 0.2) is 23.2 Å². The Balaban J connectivity index is 2.07. The molecule has 5 nitrogen and oxygen atoms in total. The minimum absolute atomic E-state index is 0.236. The molecule has 0 amide bonds. The van der Waals surface area contributed by atoms with E-state index < -0.39 is 10.0 Å². The fourth-order valence-electron chi connectivity index (χ4n) is 2.51. The van der Waals surface area contributed by atoms with E-state index in [0.29, 0.717) is 10.7 Å². The average molecular weight is 376 g/mol. The van der Waals surface area contributed by atoms with Gasteiger partial charge in [-0.25, -0.2) is 17.7 Å². The van der Waals surface area contributed by atoms with Crippen LogP contribution in [-0.4, -0.2) is 49.7 Å². The third-order valence-electron chi connectivity index (χ3n) is 4.01. The molecule has 21 heavy (non-hydrogen) atoms. The van der Waals surface area contributed by atoms with E-state index in [-0.39, 0.29) is 4.90 Å². The zero-order chi connectivity index (χ0) is 15.6. The molecule has 1 saturated heterocycles. The summed E-state index contributed by atoms with van der Waals surface area (Å²) in [6, 6.07) is 3.44. The third kappa shape index (κ3) is 3.76. The number of sulfonamides is 1. The molecular formula is C14H22BrN3O2S. The van der Waals surface area contributed by atoms with Gasteiger partial charge in [-0.2, -0.15) is 0 Å². The third-order valence-corrected chi connectivity index (χ3v) is 6.56. The summed E-state index contributed by atoms with van der Waals surface area (Å²) in [4.78, 5) is 7.33. The van der Waals surface area contributed by atoms with Gasteiger partial charge in [-0.05, 0) is 30.9 Å². The van der Waals surface area contributed by atoms with Crippen LogP contribution in [0.3, 0.4) is 0 Å². The summed E-state index contributed by atoms with van der Waals surface area (Å²) in [7, 11) is -0.352. The maximum atomic E-state index is 12.0. The van der Waals surface area contributed by atoms with Crippen molar-refractivity contribution in [3.8, 4) is 0 Å². The first-order chi connectivity index (χ1) is 9.82. The van der Waals surface area contributed by atoms with Crippen LogP contribution in [0.2, 0.25) is 0 Å². The number of hydrogen-bond acceptors (Lipinski definition) is 4. The van der Waals surface area contributed by atoms with Crippen molar-refractivity contribution in [2.45, 2.75) is 29.5 Å². The number of alkyl halides is 1. The van der Waals surface area contributed by atoms with Crippen molar-refractivity contribution in [3.05, 3.63) is 18.3 Å². The lowest BCUT2D eigenvalue weighted by molar-refractivity contribution is 0.405. The molecule has 0 aromatic carbocycles. The number of aromatic nitrogens is 1. The lowest BCUT2D eigenvalue weighted by atomic mass is 9.94. The monoisotopic (exact) mass is 375 g/mol. The molecule has 2 heterocycles. The molecule has 0 aliphatic carbocycles. The number of rotatable bonds is 4. The fourth-order valence-corrected chi connectivity index (χ4v) is 3.89. The van der Waals surface area contributed by atoms with E-state index in [4.69, 9.17) is 0 Å². The molecule has 2 rings (SSSR count). The number of piperidine rings is 1. The molecule has 1 aromatic rings. The number of nitrogens with zero attached hydrogens (tertiary/aromatic N) is 3. The highest BCUT2D eigenvalue weighted by Crippen LogP contribution is 2.27. The predicted molar refractivity (Wildman–Crippen MR) is 88.4 cm³/mol. The molecule has 1 aliphatic rings. The lowest BCUT2D eigenvalue weighted by Gasteiger charge is -2.34. The number of hydrogen-bond donors (Lipinski definition) is 0. The maximum Gasteiger partial charge on any atom is 0.244 e. The zero-order valence-electron chi connectivity index (χ0n) is 12.7. The summed E-state index contributed by atoms with van der Waals surface area (Å²) in [6.45, 7) is 4.13. The smallest absolute Gasteiger partial charge is 0.244 e. The van der Waals surface area contributed by atoms with Gasteiger partial charge in [-0.3, -0.25) is 0 Å². The van der Waals surface area contributed by atoms with Gasteiger partial charge in [0.25, 0.3) is 0 Å². The van der Waals surface area contributed by atoms with Gasteiger partial charge in [0.2, 0.25) is 10.0 Å². The van der Waals surface area contributed by atoms with Crippen molar-refractivity contribution in [2.24, 2.45) is 5.92 Å². The second-order valence-electron chi connectivity index (χ2n) is 5.64. The molecule has 0 saturated carbocycles. The van der Waals surface area contributed by atoms with E-state index in [1.165, 1.54) is 24.6 Å². The Labute approximate surface area is 135 Å². The van der Waals surface area contributed by atoms with Gasteiger partial charge >= 0.3 is 0 Å². The predicted octanol–water partition coefficient (Wildman–Crippen LogP) is 2.33. The Morgan fingerprint density at radius 1 is 1.33 bits per heavy atom. The number of pyridine rings is 1. The molecule has 1 unspecified atom stereocenters. The van der Waals surface area contributed by atoms with Crippen molar-refractivity contribution < 1.29 is 8.42 Å². The van der Waals surface area contributed by atoms with Crippen molar-refractivity contribution in [1.82, 2.24) is 9.29 Å². The van der Waals surface area contributed by atoms with E-state index in [9.17, 15) is 8.42 Å². The first-order valence-electron chi connectivity index (χ1n) is 7.10. The summed E-state index contributed by atoms with van der Waals surface area (Å²) in [5, 5.41) is 0. The van der Waals surface area contributed by atoms with Crippen LogP contribution in [0.4, 0.5) is 5.82 Å². The molecule has 1 aromatic heterocycles. The Bertz CT molecular complexity index is 564. The van der Waals surface area contributed by atoms with Crippen molar-refractivity contribution in [2.75, 3.05) is 32.1 Å². The lowest BCUT2D eigenvalue weighted by Crippen LogP contribution is -2.36. The van der Waals surface area contributed by atoms with Crippen LogP contribution in [0, 0.1) is 5.92 Å². The summed E-state index contributed by atoms with van der Waals surface area (Å²) >= 11 is 3.65. The molecule has 0 spiro atoms. The molecule has 0 radical (unpaired) electrons. The summed E-state index contributed by atoms with van der Waals surface area (Å²) in [5.41, 5.74) is 0. The van der Waals surface area contributed by atoms with Gasteiger partial charge in [-0.1, -0.05) is 22.9 Å². The standard InChI is InChI=1S/C14H22BrN3O2S/c1-11(15)12-6-8-18(9-7-12)14-5-4-13(10-16-14)21(19,20)17(2)3/h4-5,10-12H,6-9H2,1-3H3. The van der Waals surface area contributed by atoms with Crippen LogP contribution in [0.5, 0.6) is 0 Å². The highest BCUT2D eigenvalue weighted by atomic mass is 79.9. The van der Waals surface area contributed by atoms with Crippen LogP contribution in [-0.2, 0) is 10.0 Å². The minimum atomic E-state index is -3.40. The molecular weight excluding hydrogens is 354 g/mol. The summed E-state index contributed by atoms with van der Waals surface area (Å²) in [5.74, 6) is 1.56. The van der Waals surface area contributed by atoms with Crippen LogP contribution < -0.4 is 4.90 Å². The highest BCUT2D eigenvalue weighted by molar-refractivity contribution is 9.09. The second-order valence-corrected chi connectivity index (χ2v) is 9.24. The van der Waals surface area contributed by atoms with E-state index in [1.54, 1.807) is 12.1 Å². The molecule has 1 atom stereocenters. The van der Waals surface area contributed by atoms with Gasteiger partial charge in [0.05, 0.1) is 0 Å². The van der Waals surface area contributed by atoms with Crippen molar-refractivity contribution in [1.29, 1.82) is 0 Å². The molecule has 0 N–H and O–H groups in total. The molecule has 1 aliphatic heterocycles. The quantitative estimate of drug-likeness (QED) is 0.757. The Morgan fingerprint density at radius 2 is 1.95 bits per heavy atom. The molecule has 0 bridgehead atoms. The Kier molecular flexibility index (Phi) is 5.27. The van der Waals surface area contributed by atoms with E-state index in [2.05, 4.69) is 32.7 Å². The van der Waals surface area contributed by atoms with E-state index in [0.717, 1.165) is 31.7 Å². The molecule has 118 valence electrons. The second kappa shape index (κ2) is 6.62. The van der Waals surface area contributed by atoms with Crippen LogP contribution in [0.25, 0.3) is 0 Å². The zero-order valence-corrected chi connectivity index (χ0v) is 15.1. The Morgan fingerprint density at radius 3 is 2.38 bits per heavy atom. The summed E-state index contributed by atoms with van der Waals surface area (Å²) in [6.07, 6.45) is 3.71. The van der Waals surface area contributed by atoms with E-state index in [1.807, 2.05) is 0 Å². The van der Waals surface area contributed by atoms with Crippen LogP contribution >= 0.6 is 15.9 Å². The molecule has 7 heteroatoms. The topological polar surface area (TPSA) is 53.5 Å². The average Bonchev–Trinajstić information content (AvgIpc) is 2.47. The first kappa shape index (κ1) is 16.7. The fraction of sp³-hybridized carbons (Fsp3) is 0.643. The van der Waals surface area contributed by atoms with Gasteiger partial charge in [0.15, 0.2) is 0 Å². The number of halogens is 1. The van der Waals surface area contributed by atoms with Crippen LogP contribution in [0.1, 0.15) is 19.8 Å². The Hall–Kier alpha value is -0.660.